The number of carboxylic acids is 1. The van der Waals surface area contributed by atoms with Crippen molar-refractivity contribution in [3.05, 3.63) is 33.3 Å². The highest BCUT2D eigenvalue weighted by Crippen LogP contribution is 2.46. The van der Waals surface area contributed by atoms with Gasteiger partial charge in [0, 0.05) is 10.0 Å². The minimum Gasteiger partial charge on any atom is -0.479 e. The number of carboxylic acid groups (broad SMARTS) is 1. The van der Waals surface area contributed by atoms with Crippen molar-refractivity contribution in [2.45, 2.75) is 18.5 Å². The third kappa shape index (κ3) is 3.23. The van der Waals surface area contributed by atoms with Crippen LogP contribution in [-0.2, 0) is 17.1 Å². The van der Waals surface area contributed by atoms with Crippen LogP contribution in [0.5, 0.6) is 0 Å². The molecule has 0 amide bonds. The Hall–Kier alpha value is -1.29. The minimum absolute atomic E-state index is 0.473. The van der Waals surface area contributed by atoms with Crippen molar-refractivity contribution in [2.75, 3.05) is 0 Å². The standard InChI is InChI=1S/C10H5BrF6O3/c11-4-2-1-3(7(18)8(19)20)5(9(12,13)14)6(4)10(15,16)17/h1-2,7,18H,(H,19,20). The van der Waals surface area contributed by atoms with Crippen molar-refractivity contribution >= 4 is 21.9 Å². The summed E-state index contributed by atoms with van der Waals surface area (Å²) >= 11 is 2.35. The van der Waals surface area contributed by atoms with Crippen LogP contribution in [0.25, 0.3) is 0 Å². The van der Waals surface area contributed by atoms with E-state index < -0.39 is 45.6 Å². The van der Waals surface area contributed by atoms with Gasteiger partial charge in [-0.05, 0) is 6.07 Å². The van der Waals surface area contributed by atoms with Crippen molar-refractivity contribution in [1.82, 2.24) is 0 Å². The fourth-order valence-corrected chi connectivity index (χ4v) is 2.09. The Balaban J connectivity index is 3.77. The molecule has 1 aromatic carbocycles. The second-order valence-corrected chi connectivity index (χ2v) is 4.48. The van der Waals surface area contributed by atoms with Crippen LogP contribution < -0.4 is 0 Å². The number of aliphatic hydroxyl groups is 1. The van der Waals surface area contributed by atoms with Crippen LogP contribution in [0.3, 0.4) is 0 Å². The smallest absolute Gasteiger partial charge is 0.418 e. The molecule has 0 aromatic heterocycles. The maximum absolute atomic E-state index is 12.8. The summed E-state index contributed by atoms with van der Waals surface area (Å²) in [6, 6.07) is 1.07. The molecule has 20 heavy (non-hydrogen) atoms. The van der Waals surface area contributed by atoms with E-state index in [0.29, 0.717) is 12.1 Å². The normalized spacial score (nSPS) is 14.2. The molecule has 3 nitrogen and oxygen atoms in total. The number of hydrogen-bond acceptors (Lipinski definition) is 2. The number of aliphatic carboxylic acids is 1. The molecule has 0 aliphatic heterocycles. The average molecular weight is 367 g/mol. The first-order valence-electron chi connectivity index (χ1n) is 4.75. The van der Waals surface area contributed by atoms with Gasteiger partial charge in [0.05, 0.1) is 11.1 Å². The zero-order valence-corrected chi connectivity index (χ0v) is 10.8. The van der Waals surface area contributed by atoms with Crippen LogP contribution in [0.4, 0.5) is 26.3 Å². The molecule has 1 atom stereocenters. The molecule has 0 radical (unpaired) electrons. The second kappa shape index (κ2) is 5.24. The van der Waals surface area contributed by atoms with Gasteiger partial charge in [-0.15, -0.1) is 0 Å². The molecule has 0 bridgehead atoms. The second-order valence-electron chi connectivity index (χ2n) is 3.62. The molecule has 0 saturated heterocycles. The SMILES string of the molecule is O=C(O)C(O)c1ccc(Br)c(C(F)(F)F)c1C(F)(F)F. The van der Waals surface area contributed by atoms with Crippen molar-refractivity contribution in [3.8, 4) is 0 Å². The van der Waals surface area contributed by atoms with Gasteiger partial charge < -0.3 is 10.2 Å². The minimum atomic E-state index is -5.49. The van der Waals surface area contributed by atoms with Crippen LogP contribution in [0.2, 0.25) is 0 Å². The fraction of sp³-hybridized carbons (Fsp3) is 0.300. The van der Waals surface area contributed by atoms with E-state index in [9.17, 15) is 31.1 Å². The number of benzene rings is 1. The topological polar surface area (TPSA) is 57.5 Å². The predicted molar refractivity (Wildman–Crippen MR) is 56.7 cm³/mol. The molecule has 1 aromatic rings. The molecule has 0 aliphatic carbocycles. The van der Waals surface area contributed by atoms with Crippen LogP contribution >= 0.6 is 15.9 Å². The van der Waals surface area contributed by atoms with Crippen molar-refractivity contribution < 1.29 is 41.4 Å². The zero-order chi connectivity index (χ0) is 15.9. The predicted octanol–water partition coefficient (Wildman–Crippen LogP) is 3.60. The monoisotopic (exact) mass is 366 g/mol. The molecule has 1 rings (SSSR count). The summed E-state index contributed by atoms with van der Waals surface area (Å²) in [5.41, 5.74) is -5.68. The van der Waals surface area contributed by atoms with Crippen molar-refractivity contribution in [1.29, 1.82) is 0 Å². The maximum Gasteiger partial charge on any atom is 0.418 e. The highest BCUT2D eigenvalue weighted by atomic mass is 79.9. The largest absolute Gasteiger partial charge is 0.479 e. The van der Waals surface area contributed by atoms with E-state index in [2.05, 4.69) is 15.9 Å². The lowest BCUT2D eigenvalue weighted by Crippen LogP contribution is -2.23. The van der Waals surface area contributed by atoms with E-state index in [0.717, 1.165) is 0 Å². The Labute approximate surface area is 116 Å². The summed E-state index contributed by atoms with van der Waals surface area (Å²) in [6.07, 6.45) is -13.6. The maximum atomic E-state index is 12.8. The van der Waals surface area contributed by atoms with E-state index in [4.69, 9.17) is 10.2 Å². The van der Waals surface area contributed by atoms with Crippen LogP contribution in [0.15, 0.2) is 16.6 Å². The van der Waals surface area contributed by atoms with Gasteiger partial charge in [-0.25, -0.2) is 4.79 Å². The van der Waals surface area contributed by atoms with E-state index in [-0.39, 0.29) is 0 Å². The van der Waals surface area contributed by atoms with Gasteiger partial charge in [0.25, 0.3) is 0 Å². The van der Waals surface area contributed by atoms with E-state index >= 15 is 0 Å². The molecule has 0 fully saturated rings. The van der Waals surface area contributed by atoms with E-state index in [1.54, 1.807) is 0 Å². The molecule has 0 heterocycles. The summed E-state index contributed by atoms with van der Waals surface area (Å²) in [5.74, 6) is -2.09. The van der Waals surface area contributed by atoms with Crippen LogP contribution in [0, 0.1) is 0 Å². The van der Waals surface area contributed by atoms with Gasteiger partial charge in [-0.3, -0.25) is 0 Å². The molecule has 1 unspecified atom stereocenters. The Kier molecular flexibility index (Phi) is 4.39. The van der Waals surface area contributed by atoms with Crippen molar-refractivity contribution in [2.24, 2.45) is 0 Å². The highest BCUT2D eigenvalue weighted by molar-refractivity contribution is 9.10. The number of alkyl halides is 6. The zero-order valence-electron chi connectivity index (χ0n) is 9.18. The molecular formula is C10H5BrF6O3. The third-order valence-corrected chi connectivity index (χ3v) is 2.94. The number of carbonyl (C=O) groups is 1. The van der Waals surface area contributed by atoms with E-state index in [1.807, 2.05) is 0 Å². The van der Waals surface area contributed by atoms with Gasteiger partial charge in [-0.1, -0.05) is 22.0 Å². The Bertz CT molecular complexity index is 537. The first-order valence-corrected chi connectivity index (χ1v) is 5.54. The highest BCUT2D eigenvalue weighted by Gasteiger charge is 2.47. The number of aliphatic hydroxyl groups excluding tert-OH is 1. The lowest BCUT2D eigenvalue weighted by atomic mass is 9.96. The lowest BCUT2D eigenvalue weighted by molar-refractivity contribution is -0.164. The van der Waals surface area contributed by atoms with Crippen LogP contribution in [0.1, 0.15) is 22.8 Å². The fourth-order valence-electron chi connectivity index (χ4n) is 1.54. The first-order chi connectivity index (χ1) is 8.87. The quantitative estimate of drug-likeness (QED) is 0.786. The van der Waals surface area contributed by atoms with Crippen LogP contribution in [-0.4, -0.2) is 16.2 Å². The van der Waals surface area contributed by atoms with Gasteiger partial charge in [0.15, 0.2) is 6.10 Å². The molecular weight excluding hydrogens is 362 g/mol. The summed E-state index contributed by atoms with van der Waals surface area (Å²) in [7, 11) is 0. The van der Waals surface area contributed by atoms with Crippen molar-refractivity contribution in [3.63, 3.8) is 0 Å². The van der Waals surface area contributed by atoms with Gasteiger partial charge in [0.1, 0.15) is 0 Å². The number of rotatable bonds is 2. The molecule has 0 spiro atoms. The average Bonchev–Trinajstić information content (AvgIpc) is 2.24. The summed E-state index contributed by atoms with van der Waals surface area (Å²) in [6.45, 7) is 0. The molecule has 0 aliphatic rings. The van der Waals surface area contributed by atoms with Gasteiger partial charge >= 0.3 is 18.3 Å². The Morgan fingerprint density at radius 3 is 1.85 bits per heavy atom. The van der Waals surface area contributed by atoms with E-state index in [1.165, 1.54) is 0 Å². The number of halogens is 7. The Morgan fingerprint density at radius 1 is 1.05 bits per heavy atom. The Morgan fingerprint density at radius 2 is 1.50 bits per heavy atom. The van der Waals surface area contributed by atoms with Gasteiger partial charge in [-0.2, -0.15) is 26.3 Å². The lowest BCUT2D eigenvalue weighted by Gasteiger charge is -2.21. The first kappa shape index (κ1) is 16.8. The molecule has 112 valence electrons. The summed E-state index contributed by atoms with van der Waals surface area (Å²) < 4.78 is 75.7. The van der Waals surface area contributed by atoms with Gasteiger partial charge in [0.2, 0.25) is 0 Å². The molecule has 2 N–H and O–H groups in total. The third-order valence-electron chi connectivity index (χ3n) is 2.28. The molecule has 10 heteroatoms. The number of hydrogen-bond donors (Lipinski definition) is 2. The summed E-state index contributed by atoms with van der Waals surface area (Å²) in [5, 5.41) is 17.6. The molecule has 0 saturated carbocycles. The summed E-state index contributed by atoms with van der Waals surface area (Å²) in [4.78, 5) is 10.5.